The third-order valence-corrected chi connectivity index (χ3v) is 5.53. The molecule has 4 aromatic rings. The summed E-state index contributed by atoms with van der Waals surface area (Å²) in [6.07, 6.45) is 4.13. The van der Waals surface area contributed by atoms with Gasteiger partial charge in [-0.15, -0.1) is 24.8 Å². The molecule has 1 aliphatic rings. The molecule has 1 fully saturated rings. The number of amides is 2. The predicted octanol–water partition coefficient (Wildman–Crippen LogP) is 2.34. The number of anilines is 1. The first-order valence-electron chi connectivity index (χ1n) is 10.9. The Hall–Kier alpha value is -3.57. The van der Waals surface area contributed by atoms with Crippen LogP contribution in [0.1, 0.15) is 6.42 Å². The molecular weight excluding hydrogens is 495 g/mol. The van der Waals surface area contributed by atoms with E-state index >= 15 is 0 Å². The number of hydrogen-bond donors (Lipinski definition) is 3. The summed E-state index contributed by atoms with van der Waals surface area (Å²) in [4.78, 5) is 46.1. The normalized spacial score (nSPS) is 13.3. The lowest BCUT2D eigenvalue weighted by Crippen LogP contribution is -2.52. The fourth-order valence-corrected chi connectivity index (χ4v) is 3.83. The lowest BCUT2D eigenvalue weighted by molar-refractivity contribution is 0.193. The van der Waals surface area contributed by atoms with E-state index in [9.17, 15) is 9.59 Å². The minimum absolute atomic E-state index is 0. The fourth-order valence-electron chi connectivity index (χ4n) is 3.83. The maximum atomic E-state index is 12.4. The smallest absolute Gasteiger partial charge is 0.325 e. The number of rotatable bonds is 6. The van der Waals surface area contributed by atoms with Gasteiger partial charge in [-0.25, -0.2) is 24.5 Å². The lowest BCUT2D eigenvalue weighted by atomic mass is 10.2. The molecule has 0 radical (unpaired) electrons. The molecule has 0 atom stereocenters. The number of ether oxygens (including phenoxy) is 1. The Morgan fingerprint density at radius 2 is 1.83 bits per heavy atom. The third-order valence-electron chi connectivity index (χ3n) is 5.53. The summed E-state index contributed by atoms with van der Waals surface area (Å²) < 4.78 is 5.83. The van der Waals surface area contributed by atoms with Crippen LogP contribution < -0.4 is 20.6 Å². The standard InChI is InChI=1S/C22H24N8O3.2ClH/c31-21-27-18-14-15-13-16(3-4-17(15)26-19(18)28-21)33-12-2-7-25-22(32)30-10-8-29(9-11-30)20-23-5-1-6-24-20;;/h1,3-6,13-14H,2,7-12H2,(H,25,32)(H2,26,27,28,31);2*1H. The molecule has 35 heavy (non-hydrogen) atoms. The Labute approximate surface area is 213 Å². The summed E-state index contributed by atoms with van der Waals surface area (Å²) in [7, 11) is 0. The number of carbonyl (C=O) groups is 1. The number of hydrogen-bond acceptors (Lipinski definition) is 7. The lowest BCUT2D eigenvalue weighted by Gasteiger charge is -2.34. The van der Waals surface area contributed by atoms with Crippen LogP contribution in [-0.2, 0) is 0 Å². The zero-order valence-electron chi connectivity index (χ0n) is 18.8. The van der Waals surface area contributed by atoms with Crippen LogP contribution in [0.2, 0.25) is 0 Å². The van der Waals surface area contributed by atoms with Gasteiger partial charge in [0.15, 0.2) is 5.65 Å². The molecule has 11 nitrogen and oxygen atoms in total. The van der Waals surface area contributed by atoms with E-state index in [4.69, 9.17) is 4.74 Å². The summed E-state index contributed by atoms with van der Waals surface area (Å²) in [5.74, 6) is 1.41. The fraction of sp³-hybridized carbons (Fsp3) is 0.318. The van der Waals surface area contributed by atoms with Crippen molar-refractivity contribution >= 4 is 58.9 Å². The molecule has 2 amide bonds. The Morgan fingerprint density at radius 1 is 1.06 bits per heavy atom. The Kier molecular flexibility index (Phi) is 8.72. The van der Waals surface area contributed by atoms with Gasteiger partial charge in [-0.3, -0.25) is 4.98 Å². The Morgan fingerprint density at radius 3 is 2.60 bits per heavy atom. The number of nitrogens with zero attached hydrogens (tertiary/aromatic N) is 5. The van der Waals surface area contributed by atoms with Crippen LogP contribution in [0.4, 0.5) is 10.7 Å². The SMILES string of the molecule is Cl.Cl.O=C(NCCCOc1ccc2nc3[nH]c(=O)[nH]c3cc2c1)N1CCN(c2ncccn2)CC1. The van der Waals surface area contributed by atoms with Crippen LogP contribution in [0.25, 0.3) is 22.1 Å². The molecule has 13 heteroatoms. The zero-order chi connectivity index (χ0) is 22.6. The molecule has 0 unspecified atom stereocenters. The topological polar surface area (TPSA) is 132 Å². The van der Waals surface area contributed by atoms with E-state index in [2.05, 4.69) is 35.1 Å². The number of imidazole rings is 1. The van der Waals surface area contributed by atoms with E-state index in [-0.39, 0.29) is 36.5 Å². The van der Waals surface area contributed by atoms with Gasteiger partial charge in [-0.1, -0.05) is 0 Å². The van der Waals surface area contributed by atoms with Crippen molar-refractivity contribution in [2.45, 2.75) is 6.42 Å². The summed E-state index contributed by atoms with van der Waals surface area (Å²) in [5, 5.41) is 3.83. The van der Waals surface area contributed by atoms with E-state index in [1.54, 1.807) is 18.5 Å². The second kappa shape index (κ2) is 11.7. The largest absolute Gasteiger partial charge is 0.494 e. The minimum atomic E-state index is -0.279. The zero-order valence-corrected chi connectivity index (χ0v) is 20.4. The quantitative estimate of drug-likeness (QED) is 0.332. The molecular formula is C22H26Cl2N8O3. The first-order chi connectivity index (χ1) is 16.2. The molecule has 3 aromatic heterocycles. The second-order valence-corrected chi connectivity index (χ2v) is 7.78. The summed E-state index contributed by atoms with van der Waals surface area (Å²) in [6, 6.07) is 9.19. The Bertz CT molecular complexity index is 1320. The number of pyridine rings is 1. The first kappa shape index (κ1) is 26.0. The van der Waals surface area contributed by atoms with Crippen LogP contribution in [0.5, 0.6) is 5.75 Å². The molecule has 1 aliphatic heterocycles. The molecule has 0 saturated carbocycles. The summed E-state index contributed by atoms with van der Waals surface area (Å²) >= 11 is 0. The van der Waals surface area contributed by atoms with Gasteiger partial charge in [0.05, 0.1) is 17.6 Å². The number of benzene rings is 1. The van der Waals surface area contributed by atoms with Crippen molar-refractivity contribution in [1.82, 2.24) is 35.1 Å². The number of halogens is 2. The first-order valence-corrected chi connectivity index (χ1v) is 10.9. The highest BCUT2D eigenvalue weighted by Crippen LogP contribution is 2.22. The van der Waals surface area contributed by atoms with E-state index in [0.29, 0.717) is 68.6 Å². The number of piperazine rings is 1. The minimum Gasteiger partial charge on any atom is -0.494 e. The van der Waals surface area contributed by atoms with E-state index in [1.165, 1.54) is 0 Å². The molecule has 1 aromatic carbocycles. The van der Waals surface area contributed by atoms with Gasteiger partial charge in [-0.05, 0) is 36.8 Å². The van der Waals surface area contributed by atoms with Crippen molar-refractivity contribution < 1.29 is 9.53 Å². The van der Waals surface area contributed by atoms with E-state index in [1.807, 2.05) is 29.2 Å². The molecule has 0 bridgehead atoms. The average molecular weight is 521 g/mol. The van der Waals surface area contributed by atoms with Gasteiger partial charge in [0, 0.05) is 50.5 Å². The van der Waals surface area contributed by atoms with E-state index < -0.39 is 0 Å². The average Bonchev–Trinajstić information content (AvgIpc) is 3.21. The van der Waals surface area contributed by atoms with Crippen molar-refractivity contribution in [2.24, 2.45) is 0 Å². The van der Waals surface area contributed by atoms with Crippen molar-refractivity contribution in [2.75, 3.05) is 44.2 Å². The van der Waals surface area contributed by atoms with Gasteiger partial charge in [0.2, 0.25) is 5.95 Å². The van der Waals surface area contributed by atoms with Crippen LogP contribution in [0, 0.1) is 0 Å². The molecule has 3 N–H and O–H groups in total. The van der Waals surface area contributed by atoms with Crippen molar-refractivity contribution in [3.05, 3.63) is 53.2 Å². The van der Waals surface area contributed by atoms with Gasteiger partial charge < -0.3 is 24.8 Å². The maximum Gasteiger partial charge on any atom is 0.325 e. The van der Waals surface area contributed by atoms with Crippen molar-refractivity contribution in [3.63, 3.8) is 0 Å². The van der Waals surface area contributed by atoms with Crippen molar-refractivity contribution in [3.8, 4) is 5.75 Å². The third kappa shape index (κ3) is 6.11. The number of carbonyl (C=O) groups excluding carboxylic acids is 1. The number of aromatic nitrogens is 5. The van der Waals surface area contributed by atoms with Crippen LogP contribution >= 0.6 is 24.8 Å². The van der Waals surface area contributed by atoms with Crippen LogP contribution in [0.15, 0.2) is 47.5 Å². The van der Waals surface area contributed by atoms with Gasteiger partial charge >= 0.3 is 11.7 Å². The number of fused-ring (bicyclic) bond motifs is 2. The number of urea groups is 1. The highest BCUT2D eigenvalue weighted by Gasteiger charge is 2.22. The Balaban J connectivity index is 0.00000171. The number of nitrogens with one attached hydrogen (secondary N) is 3. The molecule has 186 valence electrons. The van der Waals surface area contributed by atoms with Gasteiger partial charge in [-0.2, -0.15) is 0 Å². The number of aromatic amines is 2. The summed E-state index contributed by atoms with van der Waals surface area (Å²) in [6.45, 7) is 3.68. The van der Waals surface area contributed by atoms with Crippen molar-refractivity contribution in [1.29, 1.82) is 0 Å². The second-order valence-electron chi connectivity index (χ2n) is 7.78. The molecule has 4 heterocycles. The van der Waals surface area contributed by atoms with E-state index in [0.717, 1.165) is 10.9 Å². The van der Waals surface area contributed by atoms with Crippen LogP contribution in [0.3, 0.4) is 0 Å². The molecule has 0 spiro atoms. The molecule has 0 aliphatic carbocycles. The molecule has 5 rings (SSSR count). The number of H-pyrrole nitrogens is 2. The predicted molar refractivity (Wildman–Crippen MR) is 138 cm³/mol. The van der Waals surface area contributed by atoms with Crippen LogP contribution in [-0.4, -0.2) is 75.2 Å². The van der Waals surface area contributed by atoms with Gasteiger partial charge in [0.25, 0.3) is 0 Å². The monoisotopic (exact) mass is 520 g/mol. The highest BCUT2D eigenvalue weighted by molar-refractivity contribution is 5.90. The van der Waals surface area contributed by atoms with Gasteiger partial charge in [0.1, 0.15) is 5.75 Å². The summed E-state index contributed by atoms with van der Waals surface area (Å²) in [5.41, 5.74) is 1.69. The molecule has 1 saturated heterocycles. The maximum absolute atomic E-state index is 12.4. The highest BCUT2D eigenvalue weighted by atomic mass is 35.5.